The number of ether oxygens (including phenoxy) is 1. The van der Waals surface area contributed by atoms with Crippen LogP contribution in [-0.2, 0) is 16.0 Å². The van der Waals surface area contributed by atoms with E-state index in [1.807, 2.05) is 19.1 Å². The van der Waals surface area contributed by atoms with Crippen molar-refractivity contribution in [2.24, 2.45) is 0 Å². The van der Waals surface area contributed by atoms with E-state index in [-0.39, 0.29) is 5.57 Å². The van der Waals surface area contributed by atoms with Gasteiger partial charge >= 0.3 is 6.03 Å². The van der Waals surface area contributed by atoms with Gasteiger partial charge in [0.05, 0.1) is 12.8 Å². The van der Waals surface area contributed by atoms with Crippen molar-refractivity contribution in [3.63, 3.8) is 0 Å². The number of imide groups is 2. The molecular formula is C20H18N2O4. The minimum atomic E-state index is -0.757. The lowest BCUT2D eigenvalue weighted by Gasteiger charge is -2.26. The number of carbonyl (C=O) groups is 3. The van der Waals surface area contributed by atoms with Crippen molar-refractivity contribution < 1.29 is 19.1 Å². The number of methoxy groups -OCH3 is 1. The lowest BCUT2D eigenvalue weighted by atomic mass is 10.1. The molecule has 1 N–H and O–H groups in total. The molecule has 26 heavy (non-hydrogen) atoms. The highest BCUT2D eigenvalue weighted by Gasteiger charge is 2.36. The standard InChI is InChI=1S/C20H18N2O4/c1-3-13-7-9-15(10-8-13)22-19(24)17(18(23)21-20(22)25)12-14-5-4-6-16(11-14)26-2/h4-12H,3H2,1-2H3,(H,21,23,25)/b17-12-. The second-order valence-electron chi connectivity index (χ2n) is 5.75. The third kappa shape index (κ3) is 3.35. The molecule has 0 spiro atoms. The van der Waals surface area contributed by atoms with Gasteiger partial charge in [-0.3, -0.25) is 14.9 Å². The molecule has 6 heteroatoms. The highest BCUT2D eigenvalue weighted by Crippen LogP contribution is 2.23. The number of amides is 4. The zero-order chi connectivity index (χ0) is 18.7. The van der Waals surface area contributed by atoms with Crippen LogP contribution in [0.1, 0.15) is 18.1 Å². The van der Waals surface area contributed by atoms with E-state index >= 15 is 0 Å². The number of urea groups is 1. The van der Waals surface area contributed by atoms with E-state index in [0.717, 1.165) is 16.9 Å². The maximum absolute atomic E-state index is 12.8. The third-order valence-electron chi connectivity index (χ3n) is 4.11. The Bertz CT molecular complexity index is 900. The lowest BCUT2D eigenvalue weighted by molar-refractivity contribution is -0.122. The van der Waals surface area contributed by atoms with Crippen LogP contribution < -0.4 is 15.0 Å². The fraction of sp³-hybridized carbons (Fsp3) is 0.150. The van der Waals surface area contributed by atoms with Crippen molar-refractivity contribution in [3.05, 3.63) is 65.2 Å². The van der Waals surface area contributed by atoms with E-state index < -0.39 is 17.8 Å². The van der Waals surface area contributed by atoms with Crippen LogP contribution in [-0.4, -0.2) is 25.0 Å². The van der Waals surface area contributed by atoms with Gasteiger partial charge in [-0.1, -0.05) is 31.2 Å². The van der Waals surface area contributed by atoms with Crippen molar-refractivity contribution in [2.45, 2.75) is 13.3 Å². The van der Waals surface area contributed by atoms with Crippen LogP contribution in [0.2, 0.25) is 0 Å². The molecule has 1 saturated heterocycles. The minimum Gasteiger partial charge on any atom is -0.497 e. The summed E-state index contributed by atoms with van der Waals surface area (Å²) < 4.78 is 5.15. The summed E-state index contributed by atoms with van der Waals surface area (Å²) in [5.41, 5.74) is 2.01. The van der Waals surface area contributed by atoms with Gasteiger partial charge in [0.2, 0.25) is 0 Å². The number of nitrogens with zero attached hydrogens (tertiary/aromatic N) is 1. The van der Waals surface area contributed by atoms with Crippen LogP contribution in [0.25, 0.3) is 6.08 Å². The summed E-state index contributed by atoms with van der Waals surface area (Å²) in [5, 5.41) is 2.21. The van der Waals surface area contributed by atoms with Crippen LogP contribution in [0.5, 0.6) is 5.75 Å². The van der Waals surface area contributed by atoms with Crippen LogP contribution in [0.4, 0.5) is 10.5 Å². The van der Waals surface area contributed by atoms with Gasteiger partial charge in [0.1, 0.15) is 11.3 Å². The first kappa shape index (κ1) is 17.4. The van der Waals surface area contributed by atoms with E-state index in [1.165, 1.54) is 13.2 Å². The summed E-state index contributed by atoms with van der Waals surface area (Å²) in [5.74, 6) is -0.777. The number of carbonyl (C=O) groups excluding carboxylic acids is 3. The molecule has 0 unspecified atom stereocenters. The van der Waals surface area contributed by atoms with Crippen LogP contribution in [0, 0.1) is 0 Å². The second kappa shape index (κ2) is 7.23. The second-order valence-corrected chi connectivity index (χ2v) is 5.75. The highest BCUT2D eigenvalue weighted by molar-refractivity contribution is 6.39. The summed E-state index contributed by atoms with van der Waals surface area (Å²) >= 11 is 0. The van der Waals surface area contributed by atoms with Crippen LogP contribution >= 0.6 is 0 Å². The Hall–Kier alpha value is -3.41. The zero-order valence-electron chi connectivity index (χ0n) is 14.5. The molecule has 1 fully saturated rings. The summed E-state index contributed by atoms with van der Waals surface area (Å²) in [6, 6.07) is 13.3. The number of anilines is 1. The SMILES string of the molecule is CCc1ccc(N2C(=O)NC(=O)/C(=C/c3cccc(OC)c3)C2=O)cc1. The summed E-state index contributed by atoms with van der Waals surface area (Å²) in [4.78, 5) is 38.1. The molecule has 2 aromatic carbocycles. The van der Waals surface area contributed by atoms with Crippen molar-refractivity contribution >= 4 is 29.6 Å². The van der Waals surface area contributed by atoms with Crippen molar-refractivity contribution in [1.29, 1.82) is 0 Å². The molecule has 1 heterocycles. The van der Waals surface area contributed by atoms with Gasteiger partial charge in [0.25, 0.3) is 11.8 Å². The van der Waals surface area contributed by atoms with E-state index in [9.17, 15) is 14.4 Å². The minimum absolute atomic E-state index is 0.113. The largest absolute Gasteiger partial charge is 0.497 e. The number of hydrogen-bond donors (Lipinski definition) is 1. The van der Waals surface area contributed by atoms with E-state index in [4.69, 9.17) is 4.74 Å². The average Bonchev–Trinajstić information content (AvgIpc) is 2.65. The summed E-state index contributed by atoms with van der Waals surface area (Å²) in [6.07, 6.45) is 2.29. The predicted octanol–water partition coefficient (Wildman–Crippen LogP) is 2.92. The number of benzene rings is 2. The number of rotatable bonds is 4. The van der Waals surface area contributed by atoms with Gasteiger partial charge in [0, 0.05) is 0 Å². The average molecular weight is 350 g/mol. The molecule has 1 aliphatic heterocycles. The molecule has 0 radical (unpaired) electrons. The number of barbiturate groups is 1. The topological polar surface area (TPSA) is 75.7 Å². The molecule has 0 aliphatic carbocycles. The quantitative estimate of drug-likeness (QED) is 0.679. The van der Waals surface area contributed by atoms with Crippen LogP contribution in [0.15, 0.2) is 54.1 Å². The van der Waals surface area contributed by atoms with Gasteiger partial charge < -0.3 is 4.74 Å². The predicted molar refractivity (Wildman–Crippen MR) is 97.8 cm³/mol. The first-order valence-corrected chi connectivity index (χ1v) is 8.18. The summed E-state index contributed by atoms with van der Waals surface area (Å²) in [7, 11) is 1.53. The number of aryl methyl sites for hydroxylation is 1. The molecule has 0 saturated carbocycles. The number of nitrogens with one attached hydrogen (secondary N) is 1. The monoisotopic (exact) mass is 350 g/mol. The molecule has 4 amide bonds. The molecule has 6 nitrogen and oxygen atoms in total. The van der Waals surface area contributed by atoms with E-state index in [0.29, 0.717) is 17.0 Å². The molecular weight excluding hydrogens is 332 g/mol. The maximum Gasteiger partial charge on any atom is 0.335 e. The highest BCUT2D eigenvalue weighted by atomic mass is 16.5. The zero-order valence-corrected chi connectivity index (χ0v) is 14.5. The van der Waals surface area contributed by atoms with Crippen LogP contribution in [0.3, 0.4) is 0 Å². The van der Waals surface area contributed by atoms with Crippen molar-refractivity contribution in [2.75, 3.05) is 12.0 Å². The first-order chi connectivity index (χ1) is 12.5. The Morgan fingerprint density at radius 1 is 1.08 bits per heavy atom. The molecule has 0 aromatic heterocycles. The molecule has 2 aromatic rings. The van der Waals surface area contributed by atoms with E-state index in [2.05, 4.69) is 5.32 Å². The Kier molecular flexibility index (Phi) is 4.84. The maximum atomic E-state index is 12.8. The van der Waals surface area contributed by atoms with Gasteiger partial charge in [-0.2, -0.15) is 0 Å². The fourth-order valence-corrected chi connectivity index (χ4v) is 2.67. The Morgan fingerprint density at radius 2 is 1.81 bits per heavy atom. The lowest BCUT2D eigenvalue weighted by Crippen LogP contribution is -2.54. The molecule has 1 aliphatic rings. The molecule has 0 atom stereocenters. The Morgan fingerprint density at radius 3 is 2.46 bits per heavy atom. The van der Waals surface area contributed by atoms with Gasteiger partial charge in [0.15, 0.2) is 0 Å². The summed E-state index contributed by atoms with van der Waals surface area (Å²) in [6.45, 7) is 2.02. The van der Waals surface area contributed by atoms with Gasteiger partial charge in [-0.15, -0.1) is 0 Å². The molecule has 0 bridgehead atoms. The normalized spacial score (nSPS) is 16.0. The van der Waals surface area contributed by atoms with Gasteiger partial charge in [-0.05, 0) is 47.9 Å². The number of hydrogen-bond acceptors (Lipinski definition) is 4. The van der Waals surface area contributed by atoms with E-state index in [1.54, 1.807) is 36.4 Å². The molecule has 3 rings (SSSR count). The Labute approximate surface area is 151 Å². The smallest absolute Gasteiger partial charge is 0.335 e. The van der Waals surface area contributed by atoms with Gasteiger partial charge in [-0.25, -0.2) is 9.69 Å². The van der Waals surface area contributed by atoms with Crippen molar-refractivity contribution in [1.82, 2.24) is 5.32 Å². The Balaban J connectivity index is 1.98. The van der Waals surface area contributed by atoms with Crippen molar-refractivity contribution in [3.8, 4) is 5.75 Å². The fourth-order valence-electron chi connectivity index (χ4n) is 2.67. The molecule has 132 valence electrons. The first-order valence-electron chi connectivity index (χ1n) is 8.18. The third-order valence-corrected chi connectivity index (χ3v) is 4.11.